The fourth-order valence-electron chi connectivity index (χ4n) is 2.36. The maximum atomic E-state index is 11.3. The second-order valence-corrected chi connectivity index (χ2v) is 5.39. The molecule has 0 aromatic heterocycles. The number of nitrogens with zero attached hydrogens (tertiary/aromatic N) is 6. The average molecular weight is 478 g/mol. The molecular formula is C12H5KN7O12+. The van der Waals surface area contributed by atoms with Crippen molar-refractivity contribution in [2.75, 3.05) is 5.32 Å². The standard InChI is InChI=1S/C12H5N7O12.K/c20-14(21)5-1-7(16(24)25)11(8(2-5)17(26)27)13-12-9(18(28)29)3-6(15(22)23)4-10(12)19(30)31;/h1-4,13H;/q;+1. The number of nitro benzene ring substituents is 6. The number of nitrogens with one attached hydrogen (secondary N) is 1. The van der Waals surface area contributed by atoms with E-state index in [1.54, 1.807) is 0 Å². The number of anilines is 2. The van der Waals surface area contributed by atoms with Crippen LogP contribution in [0.15, 0.2) is 24.3 Å². The molecule has 2 aromatic rings. The molecule has 0 bridgehead atoms. The van der Waals surface area contributed by atoms with Gasteiger partial charge in [0, 0.05) is 0 Å². The van der Waals surface area contributed by atoms with E-state index in [-0.39, 0.29) is 51.4 Å². The van der Waals surface area contributed by atoms with Crippen molar-refractivity contribution in [1.29, 1.82) is 0 Å². The minimum Gasteiger partial charge on any atom is -0.333 e. The van der Waals surface area contributed by atoms with Crippen LogP contribution in [0.3, 0.4) is 0 Å². The summed E-state index contributed by atoms with van der Waals surface area (Å²) in [7, 11) is 0. The van der Waals surface area contributed by atoms with Crippen molar-refractivity contribution in [2.45, 2.75) is 0 Å². The Balaban J connectivity index is 0.00000512. The van der Waals surface area contributed by atoms with Crippen molar-refractivity contribution >= 4 is 45.5 Å². The molecule has 2 rings (SSSR count). The molecule has 0 radical (unpaired) electrons. The van der Waals surface area contributed by atoms with E-state index in [1.165, 1.54) is 0 Å². The zero-order valence-electron chi connectivity index (χ0n) is 15.4. The molecule has 0 aliphatic carbocycles. The Labute approximate surface area is 215 Å². The topological polar surface area (TPSA) is 271 Å². The van der Waals surface area contributed by atoms with E-state index in [4.69, 9.17) is 0 Å². The third-order valence-electron chi connectivity index (χ3n) is 3.62. The van der Waals surface area contributed by atoms with E-state index >= 15 is 0 Å². The zero-order valence-corrected chi connectivity index (χ0v) is 18.5. The summed E-state index contributed by atoms with van der Waals surface area (Å²) in [6, 6.07) is 1.16. The van der Waals surface area contributed by atoms with Gasteiger partial charge in [0.1, 0.15) is 0 Å². The van der Waals surface area contributed by atoms with Crippen molar-refractivity contribution in [3.8, 4) is 0 Å². The van der Waals surface area contributed by atoms with Crippen molar-refractivity contribution in [1.82, 2.24) is 0 Å². The van der Waals surface area contributed by atoms with E-state index in [2.05, 4.69) is 0 Å². The summed E-state index contributed by atoms with van der Waals surface area (Å²) in [5.74, 6) is 0. The molecule has 0 spiro atoms. The first-order chi connectivity index (χ1) is 14.3. The van der Waals surface area contributed by atoms with Crippen molar-refractivity contribution in [3.05, 3.63) is 85.0 Å². The van der Waals surface area contributed by atoms with Crippen molar-refractivity contribution in [3.63, 3.8) is 0 Å². The Bertz CT molecular complexity index is 1040. The van der Waals surface area contributed by atoms with E-state index in [0.717, 1.165) is 0 Å². The Morgan fingerprint density at radius 2 is 0.688 bits per heavy atom. The minimum absolute atomic E-state index is 0. The Morgan fingerprint density at radius 1 is 0.469 bits per heavy atom. The summed E-state index contributed by atoms with van der Waals surface area (Å²) >= 11 is 0. The fourth-order valence-corrected chi connectivity index (χ4v) is 2.36. The molecule has 20 heteroatoms. The van der Waals surface area contributed by atoms with Crippen LogP contribution in [-0.2, 0) is 0 Å². The molecule has 0 unspecified atom stereocenters. The quantitative estimate of drug-likeness (QED) is 0.295. The van der Waals surface area contributed by atoms with Crippen LogP contribution in [0.4, 0.5) is 45.5 Å². The number of nitro groups is 6. The molecule has 0 amide bonds. The van der Waals surface area contributed by atoms with Crippen LogP contribution in [0.5, 0.6) is 0 Å². The van der Waals surface area contributed by atoms with Gasteiger partial charge in [0.25, 0.3) is 11.4 Å². The van der Waals surface area contributed by atoms with Gasteiger partial charge in [-0.15, -0.1) is 0 Å². The third-order valence-corrected chi connectivity index (χ3v) is 3.62. The van der Waals surface area contributed by atoms with Gasteiger partial charge in [0.15, 0.2) is 11.4 Å². The normalized spacial score (nSPS) is 9.88. The van der Waals surface area contributed by atoms with Gasteiger partial charge < -0.3 is 5.32 Å². The molecule has 19 nitrogen and oxygen atoms in total. The van der Waals surface area contributed by atoms with Crippen molar-refractivity contribution < 1.29 is 80.9 Å². The first-order valence-corrected chi connectivity index (χ1v) is 7.34. The molecule has 0 saturated carbocycles. The van der Waals surface area contributed by atoms with Crippen LogP contribution < -0.4 is 56.7 Å². The smallest absolute Gasteiger partial charge is 0.333 e. The number of non-ortho nitro benzene ring substituents is 2. The van der Waals surface area contributed by atoms with Gasteiger partial charge >= 0.3 is 74.1 Å². The van der Waals surface area contributed by atoms with E-state index in [9.17, 15) is 60.7 Å². The first-order valence-electron chi connectivity index (χ1n) is 7.34. The largest absolute Gasteiger partial charge is 1.00 e. The number of rotatable bonds is 8. The third kappa shape index (κ3) is 5.30. The number of hydrogen-bond acceptors (Lipinski definition) is 13. The summed E-state index contributed by atoms with van der Waals surface area (Å²) in [6.45, 7) is 0. The summed E-state index contributed by atoms with van der Waals surface area (Å²) in [5, 5.41) is 68.9. The van der Waals surface area contributed by atoms with Crippen LogP contribution in [0.2, 0.25) is 0 Å². The fraction of sp³-hybridized carbons (Fsp3) is 0. The van der Waals surface area contributed by atoms with Gasteiger partial charge in [0.05, 0.1) is 53.8 Å². The second-order valence-electron chi connectivity index (χ2n) is 5.39. The van der Waals surface area contributed by atoms with Gasteiger partial charge in [-0.1, -0.05) is 0 Å². The van der Waals surface area contributed by atoms with Gasteiger partial charge in [-0.3, -0.25) is 60.7 Å². The van der Waals surface area contributed by atoms with Crippen LogP contribution >= 0.6 is 0 Å². The molecule has 0 atom stereocenters. The predicted molar refractivity (Wildman–Crippen MR) is 96.1 cm³/mol. The summed E-state index contributed by atoms with van der Waals surface area (Å²) in [4.78, 5) is 59.5. The summed E-state index contributed by atoms with van der Waals surface area (Å²) in [5.41, 5.74) is -9.66. The second kappa shape index (κ2) is 10.1. The number of hydrogen-bond donors (Lipinski definition) is 1. The molecule has 32 heavy (non-hydrogen) atoms. The van der Waals surface area contributed by atoms with E-state index in [1.807, 2.05) is 5.32 Å². The van der Waals surface area contributed by atoms with Gasteiger partial charge in [-0.05, 0) is 0 Å². The summed E-state index contributed by atoms with van der Waals surface area (Å²) < 4.78 is 0. The van der Waals surface area contributed by atoms with Gasteiger partial charge in [-0.2, -0.15) is 0 Å². The minimum atomic E-state index is -1.30. The van der Waals surface area contributed by atoms with E-state index < -0.39 is 75.0 Å². The molecular weight excluding hydrogens is 473 g/mol. The van der Waals surface area contributed by atoms with Gasteiger partial charge in [-0.25, -0.2) is 0 Å². The average Bonchev–Trinajstić information content (AvgIpc) is 2.66. The molecule has 0 aliphatic heterocycles. The molecule has 0 heterocycles. The Hall–Kier alpha value is -3.72. The molecule has 0 saturated heterocycles. The van der Waals surface area contributed by atoms with Crippen LogP contribution in [0.25, 0.3) is 0 Å². The molecule has 2 aromatic carbocycles. The van der Waals surface area contributed by atoms with Crippen LogP contribution in [0, 0.1) is 60.7 Å². The molecule has 1 N–H and O–H groups in total. The maximum Gasteiger partial charge on any atom is 1.00 e. The SMILES string of the molecule is O=[N+]([O-])c1cc([N+](=O)[O-])c(Nc2c([N+](=O)[O-])cc([N+](=O)[O-])cc2[N+](=O)[O-])c([N+](=O)[O-])c1.[K+]. The predicted octanol–water partition coefficient (Wildman–Crippen LogP) is -0.117. The van der Waals surface area contributed by atoms with Crippen LogP contribution in [-0.4, -0.2) is 29.5 Å². The van der Waals surface area contributed by atoms with E-state index in [0.29, 0.717) is 24.3 Å². The van der Waals surface area contributed by atoms with Crippen molar-refractivity contribution in [2.24, 2.45) is 0 Å². The molecule has 0 fully saturated rings. The van der Waals surface area contributed by atoms with Crippen LogP contribution in [0.1, 0.15) is 0 Å². The first kappa shape index (κ1) is 26.3. The monoisotopic (exact) mass is 478 g/mol. The van der Waals surface area contributed by atoms with Gasteiger partial charge in [0.2, 0.25) is 0 Å². The zero-order chi connectivity index (χ0) is 23.6. The Kier molecular flexibility index (Phi) is 8.27. The number of benzene rings is 2. The Morgan fingerprint density at radius 3 is 0.844 bits per heavy atom. The summed E-state index contributed by atoms with van der Waals surface area (Å²) in [6.07, 6.45) is 0. The molecule has 0 aliphatic rings. The maximum absolute atomic E-state index is 11.3. The molecule has 160 valence electrons.